The Balaban J connectivity index is 2.80. The van der Waals surface area contributed by atoms with Crippen LogP contribution in [0.5, 0.6) is 0 Å². The van der Waals surface area contributed by atoms with Crippen LogP contribution in [-0.2, 0) is 16.6 Å². The fraction of sp³-hybridized carbons (Fsp3) is 0.727. The predicted octanol–water partition coefficient (Wildman–Crippen LogP) is 1.83. The molecule has 0 amide bonds. The molecule has 0 fully saturated rings. The summed E-state index contributed by atoms with van der Waals surface area (Å²) in [6.07, 6.45) is 3.73. The van der Waals surface area contributed by atoms with Gasteiger partial charge in [-0.05, 0) is 19.3 Å². The summed E-state index contributed by atoms with van der Waals surface area (Å²) < 4.78 is 28.4. The molecule has 0 spiro atoms. The van der Waals surface area contributed by atoms with Gasteiger partial charge in [0.15, 0.2) is 5.03 Å². The third-order valence-corrected chi connectivity index (χ3v) is 4.29. The molecule has 0 saturated heterocycles. The van der Waals surface area contributed by atoms with Gasteiger partial charge < -0.3 is 4.57 Å². The number of halogens is 1. The summed E-state index contributed by atoms with van der Waals surface area (Å²) in [4.78, 5) is 3.89. The zero-order chi connectivity index (χ0) is 13.8. The summed E-state index contributed by atoms with van der Waals surface area (Å²) in [5, 5.41) is 0.0447. The molecular weight excluding hydrogens is 274 g/mol. The molecule has 104 valence electrons. The number of imidazole rings is 1. The minimum absolute atomic E-state index is 0.0447. The minimum atomic E-state index is -3.57. The molecule has 1 N–H and O–H groups in total. The molecular formula is C11H20ClN3O2S. The van der Waals surface area contributed by atoms with Crippen molar-refractivity contribution < 1.29 is 8.42 Å². The molecule has 18 heavy (non-hydrogen) atoms. The summed E-state index contributed by atoms with van der Waals surface area (Å²) >= 11 is 5.79. The van der Waals surface area contributed by atoms with Crippen LogP contribution in [-0.4, -0.2) is 29.9 Å². The smallest absolute Gasteiger partial charge is 0.259 e. The van der Waals surface area contributed by atoms with Crippen LogP contribution in [0.1, 0.15) is 27.2 Å². The maximum atomic E-state index is 12.1. The Kier molecular flexibility index (Phi) is 5.62. The standard InChI is InChI=1S/C11H20ClN3O2S/c1-4-15-7-11(13-8-15)18(16,17)14-10(6-12)5-9(2)3/h7-10,14H,4-6H2,1-3H3. The molecule has 0 saturated carbocycles. The van der Waals surface area contributed by atoms with Crippen LogP contribution in [0.3, 0.4) is 0 Å². The van der Waals surface area contributed by atoms with Crippen molar-refractivity contribution >= 4 is 21.6 Å². The van der Waals surface area contributed by atoms with Gasteiger partial charge >= 0.3 is 0 Å². The lowest BCUT2D eigenvalue weighted by Gasteiger charge is -2.17. The Morgan fingerprint density at radius 3 is 2.61 bits per heavy atom. The fourth-order valence-electron chi connectivity index (χ4n) is 1.64. The van der Waals surface area contributed by atoms with E-state index in [-0.39, 0.29) is 16.9 Å². The third-order valence-electron chi connectivity index (χ3n) is 2.51. The zero-order valence-corrected chi connectivity index (χ0v) is 12.5. The van der Waals surface area contributed by atoms with Crippen molar-refractivity contribution in [3.63, 3.8) is 0 Å². The molecule has 1 atom stereocenters. The van der Waals surface area contributed by atoms with Gasteiger partial charge in [-0.1, -0.05) is 13.8 Å². The van der Waals surface area contributed by atoms with E-state index >= 15 is 0 Å². The molecule has 0 bridgehead atoms. The Bertz CT molecular complexity index is 470. The van der Waals surface area contributed by atoms with Crippen LogP contribution in [0.25, 0.3) is 0 Å². The molecule has 0 aromatic carbocycles. The number of hydrogen-bond donors (Lipinski definition) is 1. The maximum absolute atomic E-state index is 12.1. The predicted molar refractivity (Wildman–Crippen MR) is 72.2 cm³/mol. The second kappa shape index (κ2) is 6.54. The number of nitrogens with zero attached hydrogens (tertiary/aromatic N) is 2. The van der Waals surface area contributed by atoms with Gasteiger partial charge in [0, 0.05) is 24.7 Å². The van der Waals surface area contributed by atoms with Crippen LogP contribution in [0.15, 0.2) is 17.6 Å². The van der Waals surface area contributed by atoms with Crippen molar-refractivity contribution in [1.29, 1.82) is 0 Å². The van der Waals surface area contributed by atoms with E-state index in [0.29, 0.717) is 18.9 Å². The van der Waals surface area contributed by atoms with E-state index < -0.39 is 10.0 Å². The molecule has 1 aromatic rings. The van der Waals surface area contributed by atoms with Crippen molar-refractivity contribution in [2.75, 3.05) is 5.88 Å². The van der Waals surface area contributed by atoms with Crippen molar-refractivity contribution in [2.24, 2.45) is 5.92 Å². The van der Waals surface area contributed by atoms with E-state index in [1.54, 1.807) is 4.57 Å². The Morgan fingerprint density at radius 1 is 1.50 bits per heavy atom. The third kappa shape index (κ3) is 4.26. The van der Waals surface area contributed by atoms with Gasteiger partial charge in [-0.3, -0.25) is 0 Å². The van der Waals surface area contributed by atoms with Gasteiger partial charge in [0.1, 0.15) is 0 Å². The first-order chi connectivity index (χ1) is 8.39. The second-order valence-electron chi connectivity index (χ2n) is 4.64. The summed E-state index contributed by atoms with van der Waals surface area (Å²) in [7, 11) is -3.57. The SMILES string of the molecule is CCn1cnc(S(=O)(=O)NC(CCl)CC(C)C)c1. The maximum Gasteiger partial charge on any atom is 0.259 e. The van der Waals surface area contributed by atoms with Crippen LogP contribution in [0, 0.1) is 5.92 Å². The lowest BCUT2D eigenvalue weighted by Crippen LogP contribution is -2.37. The molecule has 1 heterocycles. The Labute approximate surface area is 114 Å². The van der Waals surface area contributed by atoms with Crippen molar-refractivity contribution in [3.8, 4) is 0 Å². The molecule has 1 unspecified atom stereocenters. The van der Waals surface area contributed by atoms with Gasteiger partial charge in [0.05, 0.1) is 6.33 Å². The van der Waals surface area contributed by atoms with Crippen molar-refractivity contribution in [2.45, 2.75) is 44.8 Å². The molecule has 0 aliphatic heterocycles. The molecule has 0 aliphatic carbocycles. The fourth-order valence-corrected chi connectivity index (χ4v) is 3.14. The lowest BCUT2D eigenvalue weighted by molar-refractivity contribution is 0.484. The molecule has 7 heteroatoms. The van der Waals surface area contributed by atoms with E-state index in [1.165, 1.54) is 12.5 Å². The molecule has 0 radical (unpaired) electrons. The average molecular weight is 294 g/mol. The number of aryl methyl sites for hydroxylation is 1. The molecule has 1 aromatic heterocycles. The van der Waals surface area contributed by atoms with Crippen molar-refractivity contribution in [3.05, 3.63) is 12.5 Å². The minimum Gasteiger partial charge on any atom is -0.336 e. The van der Waals surface area contributed by atoms with Crippen LogP contribution in [0.4, 0.5) is 0 Å². The Hall–Kier alpha value is -0.590. The van der Waals surface area contributed by atoms with Gasteiger partial charge in [-0.2, -0.15) is 0 Å². The van der Waals surface area contributed by atoms with E-state index in [1.807, 2.05) is 20.8 Å². The highest BCUT2D eigenvalue weighted by Gasteiger charge is 2.22. The number of rotatable bonds is 7. The quantitative estimate of drug-likeness (QED) is 0.780. The van der Waals surface area contributed by atoms with Gasteiger partial charge in [-0.25, -0.2) is 18.1 Å². The summed E-state index contributed by atoms with van der Waals surface area (Å²) in [6, 6.07) is -0.261. The van der Waals surface area contributed by atoms with Gasteiger partial charge in [0.25, 0.3) is 10.0 Å². The van der Waals surface area contributed by atoms with Crippen molar-refractivity contribution in [1.82, 2.24) is 14.3 Å². The summed E-state index contributed by atoms with van der Waals surface area (Å²) in [6.45, 7) is 6.67. The van der Waals surface area contributed by atoms with E-state index in [9.17, 15) is 8.42 Å². The first-order valence-corrected chi connectivity index (χ1v) is 8.00. The average Bonchev–Trinajstić information content (AvgIpc) is 2.76. The molecule has 0 aliphatic rings. The lowest BCUT2D eigenvalue weighted by atomic mass is 10.1. The number of aromatic nitrogens is 2. The van der Waals surface area contributed by atoms with Gasteiger partial charge in [0.2, 0.25) is 0 Å². The second-order valence-corrected chi connectivity index (χ2v) is 6.61. The largest absolute Gasteiger partial charge is 0.336 e. The monoisotopic (exact) mass is 293 g/mol. The first kappa shape index (κ1) is 15.5. The number of hydrogen-bond acceptors (Lipinski definition) is 3. The van der Waals surface area contributed by atoms with E-state index in [0.717, 1.165) is 0 Å². The molecule has 1 rings (SSSR count). The van der Waals surface area contributed by atoms with Gasteiger partial charge in [-0.15, -0.1) is 11.6 Å². The Morgan fingerprint density at radius 2 is 2.17 bits per heavy atom. The normalized spacial score (nSPS) is 14.1. The molecule has 5 nitrogen and oxygen atoms in total. The number of alkyl halides is 1. The van der Waals surface area contributed by atoms with Crippen LogP contribution < -0.4 is 4.72 Å². The van der Waals surface area contributed by atoms with Crippen LogP contribution >= 0.6 is 11.6 Å². The highest BCUT2D eigenvalue weighted by molar-refractivity contribution is 7.89. The zero-order valence-electron chi connectivity index (χ0n) is 10.9. The highest BCUT2D eigenvalue weighted by Crippen LogP contribution is 2.11. The summed E-state index contributed by atoms with van der Waals surface area (Å²) in [5.74, 6) is 0.635. The number of nitrogens with one attached hydrogen (secondary N) is 1. The topological polar surface area (TPSA) is 64.0 Å². The number of sulfonamides is 1. The van der Waals surface area contributed by atoms with E-state index in [2.05, 4.69) is 9.71 Å². The first-order valence-electron chi connectivity index (χ1n) is 5.99. The van der Waals surface area contributed by atoms with Crippen LogP contribution in [0.2, 0.25) is 0 Å². The highest BCUT2D eigenvalue weighted by atomic mass is 35.5. The summed E-state index contributed by atoms with van der Waals surface area (Å²) in [5.41, 5.74) is 0. The van der Waals surface area contributed by atoms with E-state index in [4.69, 9.17) is 11.6 Å².